The Balaban J connectivity index is 0.000000407. The third-order valence-corrected chi connectivity index (χ3v) is 18.1. The molecule has 5 fully saturated rings. The van der Waals surface area contributed by atoms with Gasteiger partial charge >= 0.3 is 23.9 Å². The number of nitrogens with zero attached hydrogens (tertiary/aromatic N) is 4. The Kier molecular flexibility index (Phi) is 35.7. The third-order valence-electron chi connectivity index (χ3n) is 17.7. The van der Waals surface area contributed by atoms with Gasteiger partial charge in [-0.15, -0.1) is 0 Å². The second kappa shape index (κ2) is 39.9. The van der Waals surface area contributed by atoms with Crippen LogP contribution in [-0.2, 0) is 73.3 Å². The number of hydrogen-bond donors (Lipinski definition) is 7. The van der Waals surface area contributed by atoms with Crippen molar-refractivity contribution in [1.29, 1.82) is 0 Å². The molecule has 0 saturated carbocycles. The van der Waals surface area contributed by atoms with Crippen molar-refractivity contribution in [2.45, 2.75) is 263 Å². The minimum atomic E-state index is -0.658. The minimum absolute atomic E-state index is 0.00627. The van der Waals surface area contributed by atoms with Crippen molar-refractivity contribution < 1.29 is 66.9 Å². The number of likely N-dealkylation sites (N-methyl/N-ethyl adjacent to an activating group) is 3. The molecule has 530 valence electrons. The summed E-state index contributed by atoms with van der Waals surface area (Å²) in [6, 6.07) is 8.10. The molecular weight excluding hydrogens is 1210 g/mol. The smallest absolute Gasteiger partial charge is 0.325 e. The maximum absolute atomic E-state index is 13.1. The van der Waals surface area contributed by atoms with E-state index in [1.54, 1.807) is 56.5 Å². The van der Waals surface area contributed by atoms with Crippen molar-refractivity contribution in [1.82, 2.24) is 46.2 Å². The molecule has 6 amide bonds. The van der Waals surface area contributed by atoms with Crippen LogP contribution in [0.25, 0.3) is 0 Å². The highest BCUT2D eigenvalue weighted by Crippen LogP contribution is 2.31. The number of hydrogen-bond acceptors (Lipinski definition) is 19. The summed E-state index contributed by atoms with van der Waals surface area (Å²) in [7, 11) is 5.40. The molecule has 0 aromatic heterocycles. The van der Waals surface area contributed by atoms with Gasteiger partial charge in [-0.1, -0.05) is 30.3 Å². The summed E-state index contributed by atoms with van der Waals surface area (Å²) in [5.41, 5.74) is 5.37. The molecule has 6 rings (SSSR count). The Morgan fingerprint density at radius 2 is 0.806 bits per heavy atom. The molecule has 0 aliphatic carbocycles. The fraction of sp³-hybridized carbons (Fsp3) is 0.765. The summed E-state index contributed by atoms with van der Waals surface area (Å²) < 4.78 is 19.8. The van der Waals surface area contributed by atoms with Gasteiger partial charge in [0.1, 0.15) is 32.2 Å². The highest BCUT2D eigenvalue weighted by molar-refractivity contribution is 7.81. The molecule has 24 nitrogen and oxygen atoms in total. The summed E-state index contributed by atoms with van der Waals surface area (Å²) in [4.78, 5) is 127. The van der Waals surface area contributed by atoms with Gasteiger partial charge in [-0.25, -0.2) is 0 Å². The second-order valence-electron chi connectivity index (χ2n) is 27.4. The predicted molar refractivity (Wildman–Crippen MR) is 363 cm³/mol. The van der Waals surface area contributed by atoms with Crippen LogP contribution in [0.4, 0.5) is 0 Å². The Hall–Kier alpha value is -5.89. The summed E-state index contributed by atoms with van der Waals surface area (Å²) in [6.07, 6.45) is 13.5. The highest BCUT2D eigenvalue weighted by Gasteiger charge is 2.43. The molecule has 93 heavy (non-hydrogen) atoms. The number of esters is 4. The minimum Gasteiger partial charge on any atom is -0.465 e. The maximum atomic E-state index is 13.1. The molecule has 6 atom stereocenters. The van der Waals surface area contributed by atoms with Gasteiger partial charge in [-0.05, 0) is 226 Å². The standard InChI is InChI=1S/C21H30N2O4S.2C13H24N2O3.C12H22N2O3.C9H18N2O/c1-4-27-18(24)14-23-20(26)16(11-8-12-21(23,2)3)22-19(25)17(28)13-15-9-6-5-7-10-15;2*1-5-18-11(16)9-15-12(17)10(14-4)7-6-8-13(15,2)3;1-4-17-10(15)8-14-11(16)9(13)6-5-7-12(14,2)3;1-9(2)6-4-5-7(10-3)8(12)11-9/h5-7,9-10,16-17,28H,4,8,11-14H2,1-3H3,(H,22,25);2*10,14H,5-9H2,1-4H3;9H,4-8,13H2,1-3H3;7,10H,4-6H2,1-3H3,(H,11,12)/t16-,17-;2*10-;9-;7-/m00000/s1. The number of carbonyl (C=O) groups excluding carboxylic acids is 10. The summed E-state index contributed by atoms with van der Waals surface area (Å²) in [5.74, 6) is -2.03. The summed E-state index contributed by atoms with van der Waals surface area (Å²) >= 11 is 4.42. The molecule has 1 aromatic carbocycles. The number of nitrogens with two attached hydrogens (primary N) is 1. The van der Waals surface area contributed by atoms with E-state index in [1.807, 2.05) is 92.8 Å². The van der Waals surface area contributed by atoms with E-state index in [4.69, 9.17) is 24.7 Å². The molecule has 7 N–H and O–H groups in total. The van der Waals surface area contributed by atoms with E-state index in [0.717, 1.165) is 89.0 Å². The predicted octanol–water partition coefficient (Wildman–Crippen LogP) is 5.54. The molecule has 5 aliphatic rings. The van der Waals surface area contributed by atoms with Crippen molar-refractivity contribution in [3.8, 4) is 0 Å². The second-order valence-corrected chi connectivity index (χ2v) is 28.0. The maximum Gasteiger partial charge on any atom is 0.325 e. The lowest BCUT2D eigenvalue weighted by atomic mass is 9.97. The lowest BCUT2D eigenvalue weighted by Crippen LogP contribution is -2.56. The lowest BCUT2D eigenvalue weighted by Gasteiger charge is -2.37. The SMILES string of the molecule is CCOC(=O)CN1C(=O)[C@@H](N)CCCC1(C)C.CCOC(=O)CN1C(=O)[C@@H](NC(=O)[C@@H](S)Cc2ccccc2)CCCC1(C)C.CCOC(=O)CN1C(=O)[C@@H](NC)CCCC1(C)C.CCOC(=O)CN1C(=O)[C@@H](NC)CCCC1(C)C.CN[C@H]1CCCC(C)(C)NC1=O. The number of thiol groups is 1. The number of amides is 6. The Morgan fingerprint density at radius 3 is 1.16 bits per heavy atom. The van der Waals surface area contributed by atoms with E-state index in [2.05, 4.69) is 53.1 Å². The summed E-state index contributed by atoms with van der Waals surface area (Å²) in [5, 5.41) is 14.4. The quantitative estimate of drug-likeness (QED) is 0.0508. The molecule has 5 saturated heterocycles. The summed E-state index contributed by atoms with van der Waals surface area (Å²) in [6.45, 7) is 28.2. The van der Waals surface area contributed by atoms with Gasteiger partial charge in [0, 0.05) is 27.7 Å². The van der Waals surface area contributed by atoms with Crippen LogP contribution in [0.2, 0.25) is 0 Å². The molecule has 1 aromatic rings. The molecule has 5 aliphatic heterocycles. The van der Waals surface area contributed by atoms with E-state index in [-0.39, 0.29) is 126 Å². The molecule has 5 heterocycles. The van der Waals surface area contributed by atoms with Crippen molar-refractivity contribution in [3.63, 3.8) is 0 Å². The van der Waals surface area contributed by atoms with Crippen LogP contribution in [0.3, 0.4) is 0 Å². The average Bonchev–Trinajstić information content (AvgIpc) is 1.81. The van der Waals surface area contributed by atoms with Gasteiger partial charge in [0.05, 0.1) is 55.8 Å². The zero-order chi connectivity index (χ0) is 70.5. The van der Waals surface area contributed by atoms with Crippen LogP contribution in [0.1, 0.15) is 199 Å². The van der Waals surface area contributed by atoms with Crippen molar-refractivity contribution in [2.24, 2.45) is 5.73 Å². The molecular formula is C68H118N10O14S. The molecule has 0 unspecified atom stereocenters. The van der Waals surface area contributed by atoms with E-state index in [0.29, 0.717) is 39.1 Å². The van der Waals surface area contributed by atoms with E-state index in [9.17, 15) is 47.9 Å². The molecule has 0 spiro atoms. The number of rotatable bonds is 19. The van der Waals surface area contributed by atoms with Gasteiger partial charge in [0.2, 0.25) is 35.4 Å². The highest BCUT2D eigenvalue weighted by atomic mass is 32.1. The normalized spacial score (nSPS) is 23.5. The van der Waals surface area contributed by atoms with Crippen LogP contribution in [-0.4, -0.2) is 216 Å². The Labute approximate surface area is 560 Å². The fourth-order valence-electron chi connectivity index (χ4n) is 12.0. The zero-order valence-corrected chi connectivity index (χ0v) is 60.2. The first-order chi connectivity index (χ1) is 43.5. The van der Waals surface area contributed by atoms with Gasteiger partial charge in [0.15, 0.2) is 0 Å². The van der Waals surface area contributed by atoms with Crippen molar-refractivity contribution >= 4 is 71.9 Å². The molecule has 25 heteroatoms. The Morgan fingerprint density at radius 1 is 0.495 bits per heavy atom. The van der Waals surface area contributed by atoms with Crippen molar-refractivity contribution in [3.05, 3.63) is 35.9 Å². The van der Waals surface area contributed by atoms with Crippen LogP contribution in [0.15, 0.2) is 30.3 Å². The van der Waals surface area contributed by atoms with Gasteiger partial charge in [0.25, 0.3) is 0 Å². The van der Waals surface area contributed by atoms with Crippen LogP contribution in [0, 0.1) is 0 Å². The number of likely N-dealkylation sites (tertiary alicyclic amines) is 4. The molecule has 0 bridgehead atoms. The number of benzene rings is 1. The Bertz CT molecular complexity index is 2510. The van der Waals surface area contributed by atoms with Gasteiger partial charge in [-0.2, -0.15) is 12.6 Å². The third kappa shape index (κ3) is 27.8. The zero-order valence-electron chi connectivity index (χ0n) is 59.4. The molecule has 0 radical (unpaired) electrons. The topological polar surface area (TPSA) is 307 Å². The van der Waals surface area contributed by atoms with Crippen LogP contribution in [0.5, 0.6) is 0 Å². The number of carbonyl (C=O) groups is 10. The van der Waals surface area contributed by atoms with E-state index >= 15 is 0 Å². The number of nitrogens with one attached hydrogen (secondary N) is 5. The van der Waals surface area contributed by atoms with Crippen LogP contribution < -0.4 is 32.3 Å². The van der Waals surface area contributed by atoms with Gasteiger partial charge < -0.3 is 70.9 Å². The average molecular weight is 1330 g/mol. The van der Waals surface area contributed by atoms with Crippen LogP contribution >= 0.6 is 12.6 Å². The lowest BCUT2D eigenvalue weighted by molar-refractivity contribution is -0.153. The monoisotopic (exact) mass is 1330 g/mol. The number of ether oxygens (including phenoxy) is 4. The fourth-order valence-corrected chi connectivity index (χ4v) is 12.3. The first-order valence-corrected chi connectivity index (χ1v) is 34.0. The largest absolute Gasteiger partial charge is 0.465 e. The van der Waals surface area contributed by atoms with E-state index in [1.165, 1.54) is 4.90 Å². The first kappa shape index (κ1) is 83.2. The van der Waals surface area contributed by atoms with Crippen molar-refractivity contribution in [2.75, 3.05) is 73.7 Å². The first-order valence-electron chi connectivity index (χ1n) is 33.5. The van der Waals surface area contributed by atoms with E-state index < -0.39 is 28.8 Å². The van der Waals surface area contributed by atoms with Gasteiger partial charge in [-0.3, -0.25) is 47.9 Å².